The van der Waals surface area contributed by atoms with E-state index in [9.17, 15) is 0 Å². The minimum atomic E-state index is 0.794. The summed E-state index contributed by atoms with van der Waals surface area (Å²) < 4.78 is 0. The van der Waals surface area contributed by atoms with Crippen LogP contribution >= 0.6 is 0 Å². The average molecular weight is 139 g/mol. The fraction of sp³-hybridized carbons (Fsp3) is 0.778. The van der Waals surface area contributed by atoms with E-state index in [-0.39, 0.29) is 0 Å². The van der Waals surface area contributed by atoms with Crippen LogP contribution in [0, 0.1) is 5.92 Å². The van der Waals surface area contributed by atoms with Gasteiger partial charge in [-0.2, -0.15) is 0 Å². The van der Waals surface area contributed by atoms with Gasteiger partial charge in [0.15, 0.2) is 0 Å². The van der Waals surface area contributed by atoms with Crippen molar-refractivity contribution in [1.29, 1.82) is 0 Å². The third-order valence-electron chi connectivity index (χ3n) is 1.97. The average Bonchev–Trinajstić information content (AvgIpc) is 1.80. The van der Waals surface area contributed by atoms with Crippen molar-refractivity contribution < 1.29 is 0 Å². The second kappa shape index (κ2) is 3.77. The lowest BCUT2D eigenvalue weighted by molar-refractivity contribution is 0.599. The van der Waals surface area contributed by atoms with E-state index in [1.807, 2.05) is 0 Å². The van der Waals surface area contributed by atoms with Gasteiger partial charge in [0, 0.05) is 13.1 Å². The van der Waals surface area contributed by atoms with E-state index in [1.54, 1.807) is 5.57 Å². The van der Waals surface area contributed by atoms with Crippen molar-refractivity contribution in [3.05, 3.63) is 11.6 Å². The van der Waals surface area contributed by atoms with Crippen LogP contribution < -0.4 is 5.32 Å². The molecule has 1 fully saturated rings. The largest absolute Gasteiger partial charge is 0.309 e. The second-order valence-corrected chi connectivity index (χ2v) is 3.19. The molecule has 0 spiro atoms. The van der Waals surface area contributed by atoms with Crippen molar-refractivity contribution in [2.45, 2.75) is 26.7 Å². The summed E-state index contributed by atoms with van der Waals surface area (Å²) in [5.41, 5.74) is 1.60. The number of nitrogens with one attached hydrogen (secondary N) is 1. The Bertz CT molecular complexity index is 121. The van der Waals surface area contributed by atoms with Gasteiger partial charge in [0.05, 0.1) is 0 Å². The Morgan fingerprint density at radius 2 is 2.30 bits per heavy atom. The fourth-order valence-electron chi connectivity index (χ4n) is 1.33. The summed E-state index contributed by atoms with van der Waals surface area (Å²) >= 11 is 0. The number of hydrogen-bond donors (Lipinski definition) is 1. The molecule has 1 unspecified atom stereocenters. The SMILES string of the molecule is CCCC(C)C=C1CNC1. The zero-order valence-electron chi connectivity index (χ0n) is 6.98. The molecular weight excluding hydrogens is 122 g/mol. The molecule has 1 heterocycles. The van der Waals surface area contributed by atoms with E-state index in [0.29, 0.717) is 0 Å². The van der Waals surface area contributed by atoms with Crippen molar-refractivity contribution in [2.75, 3.05) is 13.1 Å². The fourth-order valence-corrected chi connectivity index (χ4v) is 1.33. The molecule has 0 aromatic rings. The lowest BCUT2D eigenvalue weighted by Crippen LogP contribution is -2.34. The molecule has 58 valence electrons. The zero-order valence-corrected chi connectivity index (χ0v) is 6.98. The molecular formula is C9H17N. The molecule has 1 N–H and O–H groups in total. The van der Waals surface area contributed by atoms with E-state index in [4.69, 9.17) is 0 Å². The Balaban J connectivity index is 2.21. The van der Waals surface area contributed by atoms with Gasteiger partial charge in [-0.1, -0.05) is 26.3 Å². The molecule has 0 aromatic carbocycles. The molecule has 0 radical (unpaired) electrons. The molecule has 0 aliphatic carbocycles. The molecule has 0 aromatic heterocycles. The normalized spacial score (nSPS) is 20.0. The highest BCUT2D eigenvalue weighted by molar-refractivity contribution is 5.14. The predicted octanol–water partition coefficient (Wildman–Crippen LogP) is 1.95. The maximum atomic E-state index is 3.24. The molecule has 0 saturated carbocycles. The molecule has 0 bridgehead atoms. The molecule has 1 atom stereocenters. The first kappa shape index (κ1) is 7.80. The van der Waals surface area contributed by atoms with Crippen LogP contribution in [-0.2, 0) is 0 Å². The van der Waals surface area contributed by atoms with Gasteiger partial charge in [0.2, 0.25) is 0 Å². The smallest absolute Gasteiger partial charge is 0.0180 e. The van der Waals surface area contributed by atoms with Crippen molar-refractivity contribution in [3.63, 3.8) is 0 Å². The van der Waals surface area contributed by atoms with Crippen molar-refractivity contribution >= 4 is 0 Å². The maximum Gasteiger partial charge on any atom is 0.0180 e. The Kier molecular flexibility index (Phi) is 2.94. The molecule has 10 heavy (non-hydrogen) atoms. The molecule has 1 rings (SSSR count). The van der Waals surface area contributed by atoms with Crippen LogP contribution in [0.25, 0.3) is 0 Å². The van der Waals surface area contributed by atoms with E-state index < -0.39 is 0 Å². The summed E-state index contributed by atoms with van der Waals surface area (Å²) in [5.74, 6) is 0.794. The summed E-state index contributed by atoms with van der Waals surface area (Å²) in [6.07, 6.45) is 5.06. The van der Waals surface area contributed by atoms with Crippen LogP contribution in [0.1, 0.15) is 26.7 Å². The first-order chi connectivity index (χ1) is 4.83. The van der Waals surface area contributed by atoms with E-state index in [2.05, 4.69) is 25.2 Å². The third kappa shape index (κ3) is 2.14. The van der Waals surface area contributed by atoms with Crippen LogP contribution in [0.15, 0.2) is 11.6 Å². The summed E-state index contributed by atoms with van der Waals surface area (Å²) in [6.45, 7) is 6.81. The Hall–Kier alpha value is -0.300. The van der Waals surface area contributed by atoms with Gasteiger partial charge in [0.1, 0.15) is 0 Å². The van der Waals surface area contributed by atoms with Gasteiger partial charge in [-0.3, -0.25) is 0 Å². The Morgan fingerprint density at radius 1 is 1.60 bits per heavy atom. The molecule has 1 saturated heterocycles. The highest BCUT2D eigenvalue weighted by atomic mass is 14.9. The Morgan fingerprint density at radius 3 is 2.70 bits per heavy atom. The highest BCUT2D eigenvalue weighted by Gasteiger charge is 2.07. The lowest BCUT2D eigenvalue weighted by atomic mass is 10.00. The standard InChI is InChI=1S/C9H17N/c1-3-4-8(2)5-9-6-10-7-9/h5,8,10H,3-4,6-7H2,1-2H3. The molecule has 1 nitrogen and oxygen atoms in total. The first-order valence-electron chi connectivity index (χ1n) is 4.23. The van der Waals surface area contributed by atoms with Gasteiger partial charge in [0.25, 0.3) is 0 Å². The van der Waals surface area contributed by atoms with Gasteiger partial charge in [-0.05, 0) is 17.9 Å². The minimum absolute atomic E-state index is 0.794. The van der Waals surface area contributed by atoms with Gasteiger partial charge < -0.3 is 5.32 Å². The summed E-state index contributed by atoms with van der Waals surface area (Å²) in [4.78, 5) is 0. The number of rotatable bonds is 3. The topological polar surface area (TPSA) is 12.0 Å². The molecule has 0 amide bonds. The summed E-state index contributed by atoms with van der Waals surface area (Å²) in [6, 6.07) is 0. The van der Waals surface area contributed by atoms with Crippen LogP contribution in [0.3, 0.4) is 0 Å². The van der Waals surface area contributed by atoms with Crippen LogP contribution in [0.4, 0.5) is 0 Å². The second-order valence-electron chi connectivity index (χ2n) is 3.19. The van der Waals surface area contributed by atoms with Gasteiger partial charge in [-0.15, -0.1) is 0 Å². The van der Waals surface area contributed by atoms with Crippen molar-refractivity contribution in [3.8, 4) is 0 Å². The van der Waals surface area contributed by atoms with E-state index >= 15 is 0 Å². The minimum Gasteiger partial charge on any atom is -0.309 e. The third-order valence-corrected chi connectivity index (χ3v) is 1.97. The van der Waals surface area contributed by atoms with Crippen LogP contribution in [0.2, 0.25) is 0 Å². The van der Waals surface area contributed by atoms with Crippen LogP contribution in [0.5, 0.6) is 0 Å². The molecule has 1 heteroatoms. The van der Waals surface area contributed by atoms with Gasteiger partial charge >= 0.3 is 0 Å². The van der Waals surface area contributed by atoms with E-state index in [0.717, 1.165) is 19.0 Å². The van der Waals surface area contributed by atoms with Gasteiger partial charge in [-0.25, -0.2) is 0 Å². The maximum absolute atomic E-state index is 3.24. The Labute approximate surface area is 63.5 Å². The monoisotopic (exact) mass is 139 g/mol. The van der Waals surface area contributed by atoms with Crippen molar-refractivity contribution in [1.82, 2.24) is 5.32 Å². The number of hydrogen-bond acceptors (Lipinski definition) is 1. The summed E-state index contributed by atoms with van der Waals surface area (Å²) in [5, 5.41) is 3.24. The zero-order chi connectivity index (χ0) is 7.40. The molecule has 1 aliphatic rings. The van der Waals surface area contributed by atoms with Crippen molar-refractivity contribution in [2.24, 2.45) is 5.92 Å². The van der Waals surface area contributed by atoms with E-state index in [1.165, 1.54) is 12.8 Å². The summed E-state index contributed by atoms with van der Waals surface area (Å²) in [7, 11) is 0. The highest BCUT2D eigenvalue weighted by Crippen LogP contribution is 2.11. The lowest BCUT2D eigenvalue weighted by Gasteiger charge is -2.20. The van der Waals surface area contributed by atoms with Crippen LogP contribution in [-0.4, -0.2) is 13.1 Å². The molecule has 1 aliphatic heterocycles. The predicted molar refractivity (Wildman–Crippen MR) is 45.0 cm³/mol. The first-order valence-corrected chi connectivity index (χ1v) is 4.23. The number of allylic oxidation sites excluding steroid dienone is 1. The quantitative estimate of drug-likeness (QED) is 0.589.